The lowest BCUT2D eigenvalue weighted by Crippen LogP contribution is -2.48. The molecule has 0 spiro atoms. The van der Waals surface area contributed by atoms with Gasteiger partial charge in [-0.15, -0.1) is 0 Å². The summed E-state index contributed by atoms with van der Waals surface area (Å²) in [6.45, 7) is 10.5. The van der Waals surface area contributed by atoms with Crippen LogP contribution in [0.25, 0.3) is 0 Å². The van der Waals surface area contributed by atoms with Gasteiger partial charge in [0, 0.05) is 31.4 Å². The number of aliphatic imine (C=N–C) groups is 1. The fourth-order valence-corrected chi connectivity index (χ4v) is 3.08. The van der Waals surface area contributed by atoms with E-state index in [1.54, 1.807) is 7.05 Å². The molecule has 6 nitrogen and oxygen atoms in total. The maximum absolute atomic E-state index is 12.0. The highest BCUT2D eigenvalue weighted by Gasteiger charge is 2.16. The van der Waals surface area contributed by atoms with E-state index in [-0.39, 0.29) is 24.0 Å². The summed E-state index contributed by atoms with van der Waals surface area (Å²) in [5.41, 5.74) is 2.25. The zero-order valence-electron chi connectivity index (χ0n) is 16.7. The van der Waals surface area contributed by atoms with Crippen molar-refractivity contribution in [1.29, 1.82) is 0 Å². The maximum Gasteiger partial charge on any atom is 0.239 e. The van der Waals surface area contributed by atoms with Crippen molar-refractivity contribution in [3.8, 4) is 0 Å². The topological polar surface area (TPSA) is 68.8 Å². The molecule has 1 atom stereocenters. The summed E-state index contributed by atoms with van der Waals surface area (Å²) >= 11 is 0. The monoisotopic (exact) mass is 359 g/mol. The smallest absolute Gasteiger partial charge is 0.239 e. The molecule has 6 heteroatoms. The van der Waals surface area contributed by atoms with Crippen LogP contribution in [0, 0.1) is 0 Å². The van der Waals surface area contributed by atoms with Crippen LogP contribution in [0.2, 0.25) is 0 Å². The molecular formula is C20H33N5O. The maximum atomic E-state index is 12.0. The Labute approximate surface area is 157 Å². The quantitative estimate of drug-likeness (QED) is 0.558. The summed E-state index contributed by atoms with van der Waals surface area (Å²) in [6, 6.07) is 8.73. The van der Waals surface area contributed by atoms with Crippen LogP contribution in [0.4, 0.5) is 5.69 Å². The van der Waals surface area contributed by atoms with Crippen LogP contribution in [0.15, 0.2) is 29.3 Å². The van der Waals surface area contributed by atoms with E-state index in [1.165, 1.54) is 24.1 Å². The molecule has 3 N–H and O–H groups in total. The summed E-state index contributed by atoms with van der Waals surface area (Å²) in [7, 11) is 1.71. The average Bonchev–Trinajstić information content (AvgIpc) is 3.11. The Bertz CT molecular complexity index is 629. The largest absolute Gasteiger partial charge is 0.372 e. The standard InChI is InChI=1S/C20H33N5O/c1-15(16-9-8-10-17(13-16)25-11-6-7-12-25)23-19(21-5)22-14-18(26)24-20(2,3)4/h8-10,13,15H,6-7,11-12,14H2,1-5H3,(H,24,26)(H2,21,22,23). The van der Waals surface area contributed by atoms with E-state index < -0.39 is 0 Å². The number of hydrogen-bond donors (Lipinski definition) is 3. The molecule has 26 heavy (non-hydrogen) atoms. The van der Waals surface area contributed by atoms with Gasteiger partial charge in [0.1, 0.15) is 0 Å². The highest BCUT2D eigenvalue weighted by Crippen LogP contribution is 2.23. The molecule has 0 aliphatic carbocycles. The first-order valence-corrected chi connectivity index (χ1v) is 9.41. The van der Waals surface area contributed by atoms with Crippen molar-refractivity contribution in [2.75, 3.05) is 31.6 Å². The van der Waals surface area contributed by atoms with Gasteiger partial charge in [-0.1, -0.05) is 12.1 Å². The molecule has 1 saturated heterocycles. The van der Waals surface area contributed by atoms with E-state index in [0.717, 1.165) is 13.1 Å². The van der Waals surface area contributed by atoms with Gasteiger partial charge in [-0.25, -0.2) is 0 Å². The minimum Gasteiger partial charge on any atom is -0.372 e. The Kier molecular flexibility index (Phi) is 6.89. The van der Waals surface area contributed by atoms with Gasteiger partial charge in [0.25, 0.3) is 0 Å². The van der Waals surface area contributed by atoms with Crippen molar-refractivity contribution < 1.29 is 4.79 Å². The number of rotatable bonds is 5. The number of benzene rings is 1. The molecule has 0 bridgehead atoms. The fraction of sp³-hybridized carbons (Fsp3) is 0.600. The van der Waals surface area contributed by atoms with Gasteiger partial charge in [-0.2, -0.15) is 0 Å². The van der Waals surface area contributed by atoms with Gasteiger partial charge in [-0.3, -0.25) is 9.79 Å². The molecular weight excluding hydrogens is 326 g/mol. The number of guanidine groups is 1. The Morgan fingerprint density at radius 2 is 1.96 bits per heavy atom. The van der Waals surface area contributed by atoms with E-state index >= 15 is 0 Å². The second-order valence-corrected chi connectivity index (χ2v) is 7.88. The first-order chi connectivity index (χ1) is 12.3. The second-order valence-electron chi connectivity index (χ2n) is 7.88. The number of nitrogens with one attached hydrogen (secondary N) is 3. The summed E-state index contributed by atoms with van der Waals surface area (Å²) in [5, 5.41) is 9.37. The third kappa shape index (κ3) is 6.24. The van der Waals surface area contributed by atoms with Crippen LogP contribution in [0.5, 0.6) is 0 Å². The van der Waals surface area contributed by atoms with Gasteiger partial charge in [0.05, 0.1) is 12.6 Å². The molecule has 1 heterocycles. The lowest BCUT2D eigenvalue weighted by atomic mass is 10.1. The Morgan fingerprint density at radius 1 is 1.27 bits per heavy atom. The summed E-state index contributed by atoms with van der Waals surface area (Å²) in [6.07, 6.45) is 2.54. The third-order valence-corrected chi connectivity index (χ3v) is 4.35. The molecule has 1 amide bonds. The van der Waals surface area contributed by atoms with Crippen molar-refractivity contribution in [3.05, 3.63) is 29.8 Å². The van der Waals surface area contributed by atoms with Crippen LogP contribution in [-0.4, -0.2) is 44.1 Å². The van der Waals surface area contributed by atoms with Crippen LogP contribution in [-0.2, 0) is 4.79 Å². The Hall–Kier alpha value is -2.24. The van der Waals surface area contributed by atoms with Crippen molar-refractivity contribution >= 4 is 17.6 Å². The molecule has 1 aliphatic heterocycles. The fourth-order valence-electron chi connectivity index (χ4n) is 3.08. The number of nitrogens with zero attached hydrogens (tertiary/aromatic N) is 2. The highest BCUT2D eigenvalue weighted by atomic mass is 16.2. The van der Waals surface area contributed by atoms with Crippen molar-refractivity contribution in [2.24, 2.45) is 4.99 Å². The third-order valence-electron chi connectivity index (χ3n) is 4.35. The summed E-state index contributed by atoms with van der Waals surface area (Å²) < 4.78 is 0. The van der Waals surface area contributed by atoms with Gasteiger partial charge < -0.3 is 20.9 Å². The number of carbonyl (C=O) groups is 1. The average molecular weight is 360 g/mol. The van der Waals surface area contributed by atoms with Crippen molar-refractivity contribution in [2.45, 2.75) is 52.1 Å². The van der Waals surface area contributed by atoms with Crippen molar-refractivity contribution in [1.82, 2.24) is 16.0 Å². The van der Waals surface area contributed by atoms with Gasteiger partial charge in [0.15, 0.2) is 5.96 Å². The summed E-state index contributed by atoms with van der Waals surface area (Å²) in [5.74, 6) is 0.567. The second kappa shape index (κ2) is 8.92. The minimum atomic E-state index is -0.237. The number of hydrogen-bond acceptors (Lipinski definition) is 3. The Balaban J connectivity index is 1.91. The zero-order valence-corrected chi connectivity index (χ0v) is 16.7. The van der Waals surface area contributed by atoms with Gasteiger partial charge in [0.2, 0.25) is 5.91 Å². The lowest BCUT2D eigenvalue weighted by Gasteiger charge is -2.23. The molecule has 1 fully saturated rings. The van der Waals surface area contributed by atoms with Crippen molar-refractivity contribution in [3.63, 3.8) is 0 Å². The summed E-state index contributed by atoms with van der Waals surface area (Å²) in [4.78, 5) is 18.6. The molecule has 0 radical (unpaired) electrons. The van der Waals surface area contributed by atoms with E-state index in [2.05, 4.69) is 57.0 Å². The lowest BCUT2D eigenvalue weighted by molar-refractivity contribution is -0.121. The molecule has 144 valence electrons. The molecule has 2 rings (SSSR count). The van der Waals surface area contributed by atoms with Crippen LogP contribution in [0.1, 0.15) is 52.1 Å². The zero-order chi connectivity index (χ0) is 19.2. The normalized spacial score (nSPS) is 16.3. The van der Waals surface area contributed by atoms with Gasteiger partial charge >= 0.3 is 0 Å². The molecule has 1 aromatic carbocycles. The first-order valence-electron chi connectivity index (χ1n) is 9.41. The predicted molar refractivity (Wildman–Crippen MR) is 109 cm³/mol. The molecule has 0 saturated carbocycles. The number of amides is 1. The Morgan fingerprint density at radius 3 is 2.58 bits per heavy atom. The molecule has 1 aliphatic rings. The molecule has 1 aromatic rings. The van der Waals surface area contributed by atoms with Crippen LogP contribution in [0.3, 0.4) is 0 Å². The predicted octanol–water partition coefficient (Wildman–Crippen LogP) is 2.43. The minimum absolute atomic E-state index is 0.0517. The van der Waals surface area contributed by atoms with E-state index in [4.69, 9.17) is 0 Å². The molecule has 1 unspecified atom stereocenters. The first kappa shape index (κ1) is 20.1. The van der Waals surface area contributed by atoms with Crippen LogP contribution >= 0.6 is 0 Å². The van der Waals surface area contributed by atoms with E-state index in [1.807, 2.05) is 20.8 Å². The van der Waals surface area contributed by atoms with Crippen LogP contribution < -0.4 is 20.9 Å². The van der Waals surface area contributed by atoms with E-state index in [0.29, 0.717) is 5.96 Å². The number of carbonyl (C=O) groups excluding carboxylic acids is 1. The number of anilines is 1. The highest BCUT2D eigenvalue weighted by molar-refractivity contribution is 5.86. The SMILES string of the molecule is CN=C(NCC(=O)NC(C)(C)C)NC(C)c1cccc(N2CCCC2)c1. The molecule has 0 aromatic heterocycles. The van der Waals surface area contributed by atoms with Gasteiger partial charge in [-0.05, 0) is 58.2 Å². The van der Waals surface area contributed by atoms with E-state index in [9.17, 15) is 4.79 Å².